The van der Waals surface area contributed by atoms with E-state index in [0.717, 1.165) is 23.5 Å². The summed E-state index contributed by atoms with van der Waals surface area (Å²) < 4.78 is 6.20. The summed E-state index contributed by atoms with van der Waals surface area (Å²) in [4.78, 5) is 39.7. The van der Waals surface area contributed by atoms with Crippen LogP contribution >= 0.6 is 11.6 Å². The van der Waals surface area contributed by atoms with Crippen molar-refractivity contribution >= 4 is 40.7 Å². The maximum atomic E-state index is 12.9. The topological polar surface area (TPSA) is 75.7 Å². The molecule has 7 heteroatoms. The van der Waals surface area contributed by atoms with Crippen LogP contribution in [0.25, 0.3) is 0 Å². The Labute approximate surface area is 248 Å². The van der Waals surface area contributed by atoms with Gasteiger partial charge in [0.1, 0.15) is 5.75 Å². The summed E-state index contributed by atoms with van der Waals surface area (Å²) in [5, 5.41) is 3.10. The van der Waals surface area contributed by atoms with Crippen LogP contribution in [0.2, 0.25) is 5.02 Å². The highest BCUT2D eigenvalue weighted by molar-refractivity contribution is 6.40. The summed E-state index contributed by atoms with van der Waals surface area (Å²) in [6, 6.07) is 17.9. The van der Waals surface area contributed by atoms with Crippen molar-refractivity contribution in [1.29, 1.82) is 0 Å². The molecule has 3 amide bonds. The second-order valence-corrected chi connectivity index (χ2v) is 12.3. The van der Waals surface area contributed by atoms with Crippen molar-refractivity contribution in [1.82, 2.24) is 0 Å². The highest BCUT2D eigenvalue weighted by Gasteiger charge is 2.37. The molecule has 0 fully saturated rings. The number of fused-ring (bicyclic) bond motifs is 1. The number of amides is 3. The van der Waals surface area contributed by atoms with E-state index in [1.165, 1.54) is 11.1 Å². The number of ether oxygens (including phenoxy) is 1. The molecule has 3 aromatic carbocycles. The van der Waals surface area contributed by atoms with E-state index in [0.29, 0.717) is 29.8 Å². The Morgan fingerprint density at radius 3 is 2.12 bits per heavy atom. The van der Waals surface area contributed by atoms with Gasteiger partial charge in [-0.25, -0.2) is 4.90 Å². The monoisotopic (exact) mass is 574 g/mol. The number of hydrogen-bond donors (Lipinski definition) is 1. The highest BCUT2D eigenvalue weighted by Crippen LogP contribution is 2.39. The predicted molar refractivity (Wildman–Crippen MR) is 165 cm³/mol. The van der Waals surface area contributed by atoms with Crippen molar-refractivity contribution in [3.05, 3.63) is 87.9 Å². The second kappa shape index (κ2) is 12.1. The molecule has 0 unspecified atom stereocenters. The molecule has 1 heterocycles. The van der Waals surface area contributed by atoms with Gasteiger partial charge in [-0.15, -0.1) is 0 Å². The van der Waals surface area contributed by atoms with Gasteiger partial charge >= 0.3 is 0 Å². The summed E-state index contributed by atoms with van der Waals surface area (Å²) in [7, 11) is 0. The van der Waals surface area contributed by atoms with E-state index < -0.39 is 11.8 Å². The molecular formula is C34H39ClN2O4. The van der Waals surface area contributed by atoms with Crippen molar-refractivity contribution < 1.29 is 19.1 Å². The molecule has 0 aromatic heterocycles. The Balaban J connectivity index is 1.39. The summed E-state index contributed by atoms with van der Waals surface area (Å²) >= 11 is 6.37. The molecule has 41 heavy (non-hydrogen) atoms. The number of hydrogen-bond acceptors (Lipinski definition) is 4. The molecule has 6 nitrogen and oxygen atoms in total. The van der Waals surface area contributed by atoms with Crippen molar-refractivity contribution in [2.45, 2.75) is 78.1 Å². The van der Waals surface area contributed by atoms with Gasteiger partial charge in [-0.1, -0.05) is 77.4 Å². The number of benzene rings is 3. The smallest absolute Gasteiger partial charge is 0.266 e. The normalized spacial score (nSPS) is 13.4. The fourth-order valence-corrected chi connectivity index (χ4v) is 5.01. The number of rotatable bonds is 11. The SMILES string of the molecule is CCC(C)(C)c1ccc(OCCCC(=O)Nc2ccc(Cl)c(N3C(=O)c4ccccc4C3=O)c2)c(C(C)(C)CC)c1. The number of carbonyl (C=O) groups excluding carboxylic acids is 3. The maximum Gasteiger partial charge on any atom is 0.266 e. The zero-order valence-corrected chi connectivity index (χ0v) is 25.5. The molecule has 1 aliphatic heterocycles. The first-order valence-electron chi connectivity index (χ1n) is 14.2. The minimum atomic E-state index is -0.440. The lowest BCUT2D eigenvalue weighted by Gasteiger charge is -2.30. The Hall–Kier alpha value is -3.64. The van der Waals surface area contributed by atoms with Gasteiger partial charge in [-0.3, -0.25) is 14.4 Å². The molecule has 0 bridgehead atoms. The molecule has 0 saturated heterocycles. The lowest BCUT2D eigenvalue weighted by Crippen LogP contribution is -2.29. The number of carbonyl (C=O) groups is 3. The fourth-order valence-electron chi connectivity index (χ4n) is 4.81. The third-order valence-corrected chi connectivity index (χ3v) is 8.65. The van der Waals surface area contributed by atoms with Gasteiger partial charge < -0.3 is 10.1 Å². The third-order valence-electron chi connectivity index (χ3n) is 8.33. The molecule has 1 N–H and O–H groups in total. The van der Waals surface area contributed by atoms with Crippen molar-refractivity contribution in [3.63, 3.8) is 0 Å². The molecular weight excluding hydrogens is 536 g/mol. The average molecular weight is 575 g/mol. The molecule has 0 aliphatic carbocycles. The van der Waals surface area contributed by atoms with Gasteiger partial charge in [-0.05, 0) is 72.1 Å². The molecule has 3 aromatic rings. The van der Waals surface area contributed by atoms with Crippen LogP contribution in [0.3, 0.4) is 0 Å². The molecule has 0 atom stereocenters. The maximum absolute atomic E-state index is 12.9. The van der Waals surface area contributed by atoms with Crippen molar-refractivity contribution in [2.75, 3.05) is 16.8 Å². The standard InChI is InChI=1S/C34H39ClN2O4/c1-7-33(3,4)22-15-18-29(26(20-22)34(5,6)8-2)41-19-11-14-30(38)36-23-16-17-27(35)28(21-23)37-31(39)24-12-9-10-13-25(24)32(37)40/h9-10,12-13,15-18,20-21H,7-8,11,14,19H2,1-6H3,(H,36,38). The number of nitrogens with zero attached hydrogens (tertiary/aromatic N) is 1. The van der Waals surface area contributed by atoms with Gasteiger partial charge in [-0.2, -0.15) is 0 Å². The van der Waals surface area contributed by atoms with Gasteiger partial charge in [0.2, 0.25) is 5.91 Å². The lowest BCUT2D eigenvalue weighted by molar-refractivity contribution is -0.116. The minimum absolute atomic E-state index is 0.0433. The molecule has 4 rings (SSSR count). The summed E-state index contributed by atoms with van der Waals surface area (Å²) in [5.41, 5.74) is 3.87. The van der Waals surface area contributed by atoms with E-state index in [-0.39, 0.29) is 33.9 Å². The fraction of sp³-hybridized carbons (Fsp3) is 0.382. The molecule has 216 valence electrons. The Morgan fingerprint density at radius 1 is 0.878 bits per heavy atom. The molecule has 1 aliphatic rings. The van der Waals surface area contributed by atoms with Crippen LogP contribution in [0.15, 0.2) is 60.7 Å². The predicted octanol–water partition coefficient (Wildman–Crippen LogP) is 8.31. The molecule has 0 spiro atoms. The Kier molecular flexibility index (Phi) is 8.93. The highest BCUT2D eigenvalue weighted by atomic mass is 35.5. The third kappa shape index (κ3) is 6.33. The Bertz CT molecular complexity index is 1440. The summed E-state index contributed by atoms with van der Waals surface area (Å²) in [6.07, 6.45) is 2.80. The number of nitrogens with one attached hydrogen (secondary N) is 1. The zero-order valence-electron chi connectivity index (χ0n) is 24.8. The van der Waals surface area contributed by atoms with Crippen molar-refractivity contribution in [3.8, 4) is 5.75 Å². The van der Waals surface area contributed by atoms with E-state index >= 15 is 0 Å². The van der Waals surface area contributed by atoms with Crippen molar-refractivity contribution in [2.24, 2.45) is 0 Å². The van der Waals surface area contributed by atoms with Gasteiger partial charge in [0.05, 0.1) is 28.4 Å². The first-order chi connectivity index (χ1) is 19.4. The molecule has 0 saturated carbocycles. The first kappa shape index (κ1) is 30.3. The van der Waals surface area contributed by atoms with Crippen LogP contribution < -0.4 is 15.0 Å². The largest absolute Gasteiger partial charge is 0.493 e. The van der Waals surface area contributed by atoms with Crippen LogP contribution in [0.1, 0.15) is 99.1 Å². The van der Waals surface area contributed by atoms with Crippen LogP contribution in [0.5, 0.6) is 5.75 Å². The first-order valence-corrected chi connectivity index (χ1v) is 14.6. The van der Waals surface area contributed by atoms with Gasteiger partial charge in [0.25, 0.3) is 11.8 Å². The lowest BCUT2D eigenvalue weighted by atomic mass is 9.76. The van der Waals surface area contributed by atoms with Crippen LogP contribution in [-0.4, -0.2) is 24.3 Å². The van der Waals surface area contributed by atoms with Gasteiger partial charge in [0.15, 0.2) is 0 Å². The van der Waals surface area contributed by atoms with E-state index in [4.69, 9.17) is 16.3 Å². The van der Waals surface area contributed by atoms with Crippen LogP contribution in [0.4, 0.5) is 11.4 Å². The number of halogens is 1. The van der Waals surface area contributed by atoms with E-state index in [1.54, 1.807) is 42.5 Å². The zero-order chi connectivity index (χ0) is 29.9. The number of imide groups is 1. The van der Waals surface area contributed by atoms with Crippen LogP contribution in [0, 0.1) is 0 Å². The molecule has 0 radical (unpaired) electrons. The van der Waals surface area contributed by atoms with Gasteiger partial charge in [0, 0.05) is 17.7 Å². The van der Waals surface area contributed by atoms with E-state index in [2.05, 4.69) is 65.1 Å². The number of anilines is 2. The average Bonchev–Trinajstić information content (AvgIpc) is 3.21. The van der Waals surface area contributed by atoms with Crippen LogP contribution in [-0.2, 0) is 15.6 Å². The van der Waals surface area contributed by atoms with E-state index in [9.17, 15) is 14.4 Å². The summed E-state index contributed by atoms with van der Waals surface area (Å²) in [6.45, 7) is 13.8. The summed E-state index contributed by atoms with van der Waals surface area (Å²) in [5.74, 6) is -0.218. The quantitative estimate of drug-likeness (QED) is 0.184. The van der Waals surface area contributed by atoms with E-state index in [1.807, 2.05) is 0 Å². The Morgan fingerprint density at radius 2 is 1.51 bits per heavy atom. The second-order valence-electron chi connectivity index (χ2n) is 11.8. The minimum Gasteiger partial charge on any atom is -0.493 e.